The molecular weight excluding hydrogens is 382 g/mol. The number of nitrogens with zero attached hydrogens (tertiary/aromatic N) is 6. The minimum Gasteiger partial charge on any atom is -0.378 e. The Kier molecular flexibility index (Phi) is 5.71. The van der Waals surface area contributed by atoms with Crippen LogP contribution in [0.1, 0.15) is 24.2 Å². The van der Waals surface area contributed by atoms with Crippen LogP contribution in [-0.2, 0) is 4.74 Å². The average molecular weight is 407 g/mol. The summed E-state index contributed by atoms with van der Waals surface area (Å²) < 4.78 is 5.44. The van der Waals surface area contributed by atoms with E-state index in [4.69, 9.17) is 15.5 Å². The van der Waals surface area contributed by atoms with Crippen LogP contribution in [0.2, 0.25) is 0 Å². The summed E-state index contributed by atoms with van der Waals surface area (Å²) in [6.45, 7) is 7.91. The molecule has 9 nitrogen and oxygen atoms in total. The van der Waals surface area contributed by atoms with E-state index in [0.29, 0.717) is 67.6 Å². The van der Waals surface area contributed by atoms with Crippen molar-refractivity contribution in [3.8, 4) is 11.3 Å². The number of carbonyl (C=O) groups excluding carboxylic acids is 1. The largest absolute Gasteiger partial charge is 0.378 e. The minimum atomic E-state index is 0.000658. The molecule has 9 heteroatoms. The number of fused-ring (bicyclic) bond motifs is 1. The van der Waals surface area contributed by atoms with E-state index in [-0.39, 0.29) is 11.9 Å². The van der Waals surface area contributed by atoms with Gasteiger partial charge in [-0.25, -0.2) is 9.97 Å². The van der Waals surface area contributed by atoms with Crippen LogP contribution in [0.4, 0.5) is 11.8 Å². The molecule has 0 bridgehead atoms. The number of nitrogens with two attached hydrogens (primary N) is 1. The van der Waals surface area contributed by atoms with Gasteiger partial charge in [-0.1, -0.05) is 12.1 Å². The van der Waals surface area contributed by atoms with Gasteiger partial charge in [0, 0.05) is 37.3 Å². The van der Waals surface area contributed by atoms with Gasteiger partial charge in [0.1, 0.15) is 0 Å². The zero-order valence-electron chi connectivity index (χ0n) is 17.2. The lowest BCUT2D eigenvalue weighted by Gasteiger charge is -2.28. The molecule has 0 aliphatic carbocycles. The van der Waals surface area contributed by atoms with Crippen molar-refractivity contribution in [2.75, 3.05) is 50.0 Å². The van der Waals surface area contributed by atoms with Gasteiger partial charge in [0.15, 0.2) is 17.0 Å². The van der Waals surface area contributed by atoms with Gasteiger partial charge >= 0.3 is 0 Å². The number of hydrogen-bond acceptors (Lipinski definition) is 8. The summed E-state index contributed by atoms with van der Waals surface area (Å²) in [6.07, 6.45) is 1.65. The van der Waals surface area contributed by atoms with Crippen molar-refractivity contribution < 1.29 is 9.53 Å². The van der Waals surface area contributed by atoms with E-state index in [1.54, 1.807) is 11.1 Å². The van der Waals surface area contributed by atoms with Gasteiger partial charge in [0.2, 0.25) is 5.95 Å². The summed E-state index contributed by atoms with van der Waals surface area (Å²) in [5, 5.41) is 0. The third kappa shape index (κ3) is 3.88. The lowest BCUT2D eigenvalue weighted by Crippen LogP contribution is -2.37. The fourth-order valence-electron chi connectivity index (χ4n) is 3.55. The van der Waals surface area contributed by atoms with E-state index in [9.17, 15) is 4.79 Å². The number of benzene rings is 1. The van der Waals surface area contributed by atoms with Crippen molar-refractivity contribution in [1.29, 1.82) is 0 Å². The SMILES string of the molecule is CCN(CC)C(=O)c1cccc(-c2cnc3nc(N)nc(N4CCOCC4)c3n2)c1. The molecule has 156 valence electrons. The summed E-state index contributed by atoms with van der Waals surface area (Å²) >= 11 is 0. The predicted octanol–water partition coefficient (Wildman–Crippen LogP) is 1.99. The van der Waals surface area contributed by atoms with Crippen LogP contribution in [0.3, 0.4) is 0 Å². The Balaban J connectivity index is 1.76. The maximum absolute atomic E-state index is 12.7. The molecule has 0 unspecified atom stereocenters. The van der Waals surface area contributed by atoms with Gasteiger partial charge in [0.05, 0.1) is 25.1 Å². The first-order valence-corrected chi connectivity index (χ1v) is 10.1. The standard InChI is InChI=1S/C21H25N7O2/c1-3-27(4-2)20(29)15-7-5-6-14(12-15)16-13-23-18-17(24-16)19(26-21(22)25-18)28-8-10-30-11-9-28/h5-7,12-13H,3-4,8-11H2,1-2H3,(H2,22,23,25,26). The lowest BCUT2D eigenvalue weighted by molar-refractivity contribution is 0.0773. The number of nitrogen functional groups attached to an aromatic ring is 1. The molecule has 3 heterocycles. The first-order valence-electron chi connectivity index (χ1n) is 10.1. The van der Waals surface area contributed by atoms with Crippen LogP contribution in [-0.4, -0.2) is 70.1 Å². The van der Waals surface area contributed by atoms with Gasteiger partial charge in [-0.15, -0.1) is 0 Å². The number of carbonyl (C=O) groups is 1. The molecule has 0 saturated carbocycles. The van der Waals surface area contributed by atoms with Crippen LogP contribution >= 0.6 is 0 Å². The number of hydrogen-bond donors (Lipinski definition) is 1. The smallest absolute Gasteiger partial charge is 0.253 e. The van der Waals surface area contributed by atoms with E-state index in [0.717, 1.165) is 5.56 Å². The quantitative estimate of drug-likeness (QED) is 0.684. The third-order valence-corrected chi connectivity index (χ3v) is 5.17. The van der Waals surface area contributed by atoms with Gasteiger partial charge < -0.3 is 20.3 Å². The van der Waals surface area contributed by atoms with Crippen LogP contribution in [0.15, 0.2) is 30.5 Å². The monoisotopic (exact) mass is 407 g/mol. The summed E-state index contributed by atoms with van der Waals surface area (Å²) in [7, 11) is 0. The Morgan fingerprint density at radius 1 is 1.17 bits per heavy atom. The molecule has 1 saturated heterocycles. The van der Waals surface area contributed by atoms with E-state index in [2.05, 4.69) is 19.9 Å². The fourth-order valence-corrected chi connectivity index (χ4v) is 3.55. The van der Waals surface area contributed by atoms with Crippen molar-refractivity contribution >= 4 is 28.8 Å². The molecule has 1 fully saturated rings. The third-order valence-electron chi connectivity index (χ3n) is 5.17. The van der Waals surface area contributed by atoms with Gasteiger partial charge in [-0.05, 0) is 26.0 Å². The van der Waals surface area contributed by atoms with Gasteiger partial charge in [0.25, 0.3) is 5.91 Å². The maximum Gasteiger partial charge on any atom is 0.253 e. The molecule has 1 aliphatic heterocycles. The molecule has 1 aliphatic rings. The lowest BCUT2D eigenvalue weighted by atomic mass is 10.1. The normalized spacial score (nSPS) is 14.1. The van der Waals surface area contributed by atoms with Crippen LogP contribution in [0.25, 0.3) is 22.4 Å². The van der Waals surface area contributed by atoms with Crippen LogP contribution in [0, 0.1) is 0 Å². The minimum absolute atomic E-state index is 0.000658. The first kappa shape index (κ1) is 20.0. The summed E-state index contributed by atoms with van der Waals surface area (Å²) in [6, 6.07) is 7.45. The summed E-state index contributed by atoms with van der Waals surface area (Å²) in [5.74, 6) is 0.823. The van der Waals surface area contributed by atoms with Gasteiger partial charge in [-0.3, -0.25) is 4.79 Å². The number of anilines is 2. The van der Waals surface area contributed by atoms with E-state index in [1.165, 1.54) is 0 Å². The molecule has 1 aromatic carbocycles. The highest BCUT2D eigenvalue weighted by molar-refractivity contribution is 5.95. The second kappa shape index (κ2) is 8.58. The Morgan fingerprint density at radius 3 is 2.67 bits per heavy atom. The van der Waals surface area contributed by atoms with Crippen LogP contribution in [0.5, 0.6) is 0 Å². The molecule has 2 N–H and O–H groups in total. The Bertz CT molecular complexity index is 1060. The molecule has 1 amide bonds. The van der Waals surface area contributed by atoms with E-state index >= 15 is 0 Å². The highest BCUT2D eigenvalue weighted by atomic mass is 16.5. The molecule has 4 rings (SSSR count). The molecule has 0 spiro atoms. The molecule has 2 aromatic heterocycles. The maximum atomic E-state index is 12.7. The molecule has 30 heavy (non-hydrogen) atoms. The number of aromatic nitrogens is 4. The average Bonchev–Trinajstić information content (AvgIpc) is 2.79. The second-order valence-corrected chi connectivity index (χ2v) is 6.99. The van der Waals surface area contributed by atoms with Crippen molar-refractivity contribution in [3.63, 3.8) is 0 Å². The van der Waals surface area contributed by atoms with Gasteiger partial charge in [-0.2, -0.15) is 9.97 Å². The van der Waals surface area contributed by atoms with Crippen molar-refractivity contribution in [1.82, 2.24) is 24.8 Å². The number of rotatable bonds is 5. The first-order chi connectivity index (χ1) is 14.6. The van der Waals surface area contributed by atoms with Crippen LogP contribution < -0.4 is 10.6 Å². The Morgan fingerprint density at radius 2 is 1.93 bits per heavy atom. The van der Waals surface area contributed by atoms with E-state index < -0.39 is 0 Å². The van der Waals surface area contributed by atoms with Crippen molar-refractivity contribution in [2.45, 2.75) is 13.8 Å². The topological polar surface area (TPSA) is 110 Å². The Hall–Kier alpha value is -3.33. The van der Waals surface area contributed by atoms with E-state index in [1.807, 2.05) is 38.1 Å². The highest BCUT2D eigenvalue weighted by Gasteiger charge is 2.20. The fraction of sp³-hybridized carbons (Fsp3) is 0.381. The Labute approximate surface area is 174 Å². The van der Waals surface area contributed by atoms with Crippen molar-refractivity contribution in [3.05, 3.63) is 36.0 Å². The zero-order valence-corrected chi connectivity index (χ0v) is 17.2. The predicted molar refractivity (Wildman–Crippen MR) is 115 cm³/mol. The molecular formula is C21H25N7O2. The second-order valence-electron chi connectivity index (χ2n) is 6.99. The number of amides is 1. The van der Waals surface area contributed by atoms with Crippen molar-refractivity contribution in [2.24, 2.45) is 0 Å². The molecule has 3 aromatic rings. The summed E-state index contributed by atoms with van der Waals surface area (Å²) in [5.41, 5.74) is 9.02. The number of morpholine rings is 1. The summed E-state index contributed by atoms with van der Waals surface area (Å²) in [4.78, 5) is 34.5. The zero-order chi connectivity index (χ0) is 21.1. The molecule has 0 atom stereocenters. The highest BCUT2D eigenvalue weighted by Crippen LogP contribution is 2.26. The number of ether oxygens (including phenoxy) is 1. The molecule has 0 radical (unpaired) electrons.